The van der Waals surface area contributed by atoms with Gasteiger partial charge in [0.1, 0.15) is 7.85 Å². The standard InChI is InChI=1S/C8H20BNO/c1-3-4-6-10-7-5-8(9)11-2/h8,10H,3-7,9H2,1-2H3. The van der Waals surface area contributed by atoms with Gasteiger partial charge in [-0.3, -0.25) is 0 Å². The van der Waals surface area contributed by atoms with Crippen molar-refractivity contribution >= 4 is 7.85 Å². The number of rotatable bonds is 7. The summed E-state index contributed by atoms with van der Waals surface area (Å²) >= 11 is 0. The molecule has 66 valence electrons. The first kappa shape index (κ1) is 11.0. The molecule has 1 atom stereocenters. The van der Waals surface area contributed by atoms with Crippen molar-refractivity contribution in [2.45, 2.75) is 32.2 Å². The maximum absolute atomic E-state index is 5.12. The van der Waals surface area contributed by atoms with Crippen LogP contribution in [0.25, 0.3) is 0 Å². The van der Waals surface area contributed by atoms with Gasteiger partial charge in [-0.25, -0.2) is 0 Å². The van der Waals surface area contributed by atoms with Gasteiger partial charge in [-0.15, -0.1) is 0 Å². The largest absolute Gasteiger partial charge is 0.390 e. The van der Waals surface area contributed by atoms with E-state index in [1.807, 2.05) is 0 Å². The van der Waals surface area contributed by atoms with Crippen molar-refractivity contribution in [1.29, 1.82) is 0 Å². The molecule has 0 aromatic heterocycles. The van der Waals surface area contributed by atoms with Gasteiger partial charge in [0.05, 0.1) is 0 Å². The van der Waals surface area contributed by atoms with Gasteiger partial charge in [0.15, 0.2) is 0 Å². The Morgan fingerprint density at radius 1 is 1.45 bits per heavy atom. The number of unbranched alkanes of at least 4 members (excludes halogenated alkanes) is 1. The number of ether oxygens (including phenoxy) is 1. The Hall–Kier alpha value is -0.0151. The Bertz CT molecular complexity index is 80.5. The van der Waals surface area contributed by atoms with E-state index in [1.54, 1.807) is 7.11 Å². The first-order valence-electron chi connectivity index (χ1n) is 4.54. The summed E-state index contributed by atoms with van der Waals surface area (Å²) in [6, 6.07) is 0.393. The summed E-state index contributed by atoms with van der Waals surface area (Å²) in [6.07, 6.45) is 3.66. The van der Waals surface area contributed by atoms with Crippen LogP contribution in [-0.2, 0) is 4.74 Å². The third-order valence-corrected chi connectivity index (χ3v) is 1.84. The molecule has 0 radical (unpaired) electrons. The molecule has 0 aromatic carbocycles. The minimum absolute atomic E-state index is 0.393. The van der Waals surface area contributed by atoms with Crippen LogP contribution in [0.5, 0.6) is 0 Å². The normalized spacial score (nSPS) is 13.3. The molecule has 1 N–H and O–H groups in total. The van der Waals surface area contributed by atoms with E-state index in [0.717, 1.165) is 19.5 Å². The summed E-state index contributed by atoms with van der Waals surface area (Å²) in [5, 5.41) is 3.37. The average Bonchev–Trinajstić information content (AvgIpc) is 2.04. The quantitative estimate of drug-likeness (QED) is 0.426. The van der Waals surface area contributed by atoms with Gasteiger partial charge >= 0.3 is 0 Å². The summed E-state index contributed by atoms with van der Waals surface area (Å²) in [6.45, 7) is 4.43. The van der Waals surface area contributed by atoms with Crippen molar-refractivity contribution in [3.63, 3.8) is 0 Å². The van der Waals surface area contributed by atoms with Crippen molar-refractivity contribution in [3.05, 3.63) is 0 Å². The van der Waals surface area contributed by atoms with Crippen LogP contribution in [0, 0.1) is 0 Å². The molecule has 0 fully saturated rings. The van der Waals surface area contributed by atoms with E-state index < -0.39 is 0 Å². The molecule has 0 rings (SSSR count). The highest BCUT2D eigenvalue weighted by atomic mass is 16.5. The number of hydrogen-bond donors (Lipinski definition) is 1. The van der Waals surface area contributed by atoms with E-state index in [2.05, 4.69) is 20.1 Å². The van der Waals surface area contributed by atoms with Crippen molar-refractivity contribution in [2.24, 2.45) is 0 Å². The Balaban J connectivity index is 2.89. The van der Waals surface area contributed by atoms with E-state index in [-0.39, 0.29) is 0 Å². The Morgan fingerprint density at radius 2 is 2.18 bits per heavy atom. The third-order valence-electron chi connectivity index (χ3n) is 1.84. The molecule has 0 aliphatic rings. The number of nitrogens with one attached hydrogen (secondary N) is 1. The topological polar surface area (TPSA) is 21.3 Å². The van der Waals surface area contributed by atoms with Crippen molar-refractivity contribution in [3.8, 4) is 0 Å². The predicted molar refractivity (Wildman–Crippen MR) is 51.7 cm³/mol. The van der Waals surface area contributed by atoms with E-state index >= 15 is 0 Å². The van der Waals surface area contributed by atoms with E-state index in [0.29, 0.717) is 6.00 Å². The zero-order valence-corrected chi connectivity index (χ0v) is 8.02. The molecule has 0 bridgehead atoms. The molecule has 0 heterocycles. The lowest BCUT2D eigenvalue weighted by Crippen LogP contribution is -2.22. The smallest absolute Gasteiger partial charge is 0.139 e. The fraction of sp³-hybridized carbons (Fsp3) is 1.00. The molecule has 0 aromatic rings. The molecule has 1 unspecified atom stereocenters. The van der Waals surface area contributed by atoms with Gasteiger partial charge in [-0.05, 0) is 25.9 Å². The van der Waals surface area contributed by atoms with Crippen LogP contribution in [0.2, 0.25) is 0 Å². The predicted octanol–water partition coefficient (Wildman–Crippen LogP) is 0.372. The highest BCUT2D eigenvalue weighted by molar-refractivity contribution is 6.10. The summed E-state index contributed by atoms with van der Waals surface area (Å²) in [7, 11) is 3.86. The van der Waals surface area contributed by atoms with Crippen LogP contribution in [0.3, 0.4) is 0 Å². The summed E-state index contributed by atoms with van der Waals surface area (Å²) in [5.74, 6) is 0. The maximum atomic E-state index is 5.12. The molecule has 0 saturated carbocycles. The molecular formula is C8H20BNO. The first-order valence-corrected chi connectivity index (χ1v) is 4.54. The second-order valence-electron chi connectivity index (χ2n) is 2.94. The third kappa shape index (κ3) is 7.89. The van der Waals surface area contributed by atoms with Crippen LogP contribution >= 0.6 is 0 Å². The van der Waals surface area contributed by atoms with Gasteiger partial charge in [-0.1, -0.05) is 13.3 Å². The first-order chi connectivity index (χ1) is 5.31. The minimum atomic E-state index is 0.393. The number of hydrogen-bond acceptors (Lipinski definition) is 2. The molecule has 11 heavy (non-hydrogen) atoms. The van der Waals surface area contributed by atoms with Gasteiger partial charge < -0.3 is 10.1 Å². The van der Waals surface area contributed by atoms with Crippen LogP contribution in [-0.4, -0.2) is 34.0 Å². The lowest BCUT2D eigenvalue weighted by atomic mass is 9.97. The van der Waals surface area contributed by atoms with E-state index in [9.17, 15) is 0 Å². The molecule has 0 saturated heterocycles. The molecule has 2 nitrogen and oxygen atoms in total. The zero-order valence-electron chi connectivity index (χ0n) is 8.02. The second kappa shape index (κ2) is 8.09. The van der Waals surface area contributed by atoms with Crippen LogP contribution < -0.4 is 5.32 Å². The zero-order chi connectivity index (χ0) is 8.53. The van der Waals surface area contributed by atoms with Crippen LogP contribution in [0.4, 0.5) is 0 Å². The summed E-state index contributed by atoms with van der Waals surface area (Å²) < 4.78 is 5.12. The van der Waals surface area contributed by atoms with Crippen molar-refractivity contribution in [1.82, 2.24) is 5.32 Å². The maximum Gasteiger partial charge on any atom is 0.139 e. The van der Waals surface area contributed by atoms with Gasteiger partial charge in [-0.2, -0.15) is 0 Å². The van der Waals surface area contributed by atoms with Gasteiger partial charge in [0.2, 0.25) is 0 Å². The molecule has 0 amide bonds. The Labute approximate surface area is 71.1 Å². The molecule has 0 aliphatic heterocycles. The average molecular weight is 157 g/mol. The Kier molecular flexibility index (Phi) is 8.07. The molecule has 0 spiro atoms. The molecule has 3 heteroatoms. The highest BCUT2D eigenvalue weighted by Crippen LogP contribution is 1.89. The highest BCUT2D eigenvalue weighted by Gasteiger charge is 1.96. The van der Waals surface area contributed by atoms with Crippen molar-refractivity contribution in [2.75, 3.05) is 20.2 Å². The van der Waals surface area contributed by atoms with E-state index in [1.165, 1.54) is 12.8 Å². The second-order valence-corrected chi connectivity index (χ2v) is 2.94. The van der Waals surface area contributed by atoms with Gasteiger partial charge in [0, 0.05) is 13.1 Å². The van der Waals surface area contributed by atoms with Crippen LogP contribution in [0.15, 0.2) is 0 Å². The van der Waals surface area contributed by atoms with Crippen molar-refractivity contribution < 1.29 is 4.74 Å². The fourth-order valence-corrected chi connectivity index (χ4v) is 0.850. The van der Waals surface area contributed by atoms with E-state index in [4.69, 9.17) is 4.74 Å². The summed E-state index contributed by atoms with van der Waals surface area (Å²) in [5.41, 5.74) is 0. The molecule has 0 aliphatic carbocycles. The Morgan fingerprint density at radius 3 is 2.73 bits per heavy atom. The lowest BCUT2D eigenvalue weighted by Gasteiger charge is -2.09. The minimum Gasteiger partial charge on any atom is -0.390 e. The number of methoxy groups -OCH3 is 1. The fourth-order valence-electron chi connectivity index (χ4n) is 0.850. The molecular weight excluding hydrogens is 137 g/mol. The summed E-state index contributed by atoms with van der Waals surface area (Å²) in [4.78, 5) is 0. The monoisotopic (exact) mass is 157 g/mol. The van der Waals surface area contributed by atoms with Gasteiger partial charge in [0.25, 0.3) is 0 Å². The lowest BCUT2D eigenvalue weighted by molar-refractivity contribution is 0.159. The van der Waals surface area contributed by atoms with Crippen LogP contribution in [0.1, 0.15) is 26.2 Å². The SMILES string of the molecule is BC(CCNCCCC)OC.